The molecule has 3 rings (SSSR count). The first-order valence-electron chi connectivity index (χ1n) is 8.32. The molecule has 1 aromatic carbocycles. The van der Waals surface area contributed by atoms with E-state index in [2.05, 4.69) is 36.1 Å². The Morgan fingerprint density at radius 3 is 2.75 bits per heavy atom. The summed E-state index contributed by atoms with van der Waals surface area (Å²) in [5.41, 5.74) is 8.94. The summed E-state index contributed by atoms with van der Waals surface area (Å²) in [6, 6.07) is 9.77. The van der Waals surface area contributed by atoms with Crippen LogP contribution in [0.1, 0.15) is 62.1 Å². The van der Waals surface area contributed by atoms with Crippen molar-refractivity contribution in [2.24, 2.45) is 11.7 Å². The quantitative estimate of drug-likeness (QED) is 0.909. The molecule has 3 atom stereocenters. The molecule has 2 nitrogen and oxygen atoms in total. The Kier molecular flexibility index (Phi) is 4.42. The van der Waals surface area contributed by atoms with Gasteiger partial charge in [-0.25, -0.2) is 0 Å². The number of rotatable bonds is 3. The maximum Gasteiger partial charge on any atom is 0.0351 e. The summed E-state index contributed by atoms with van der Waals surface area (Å²) in [4.78, 5) is 2.74. The van der Waals surface area contributed by atoms with E-state index in [0.29, 0.717) is 6.04 Å². The highest BCUT2D eigenvalue weighted by Gasteiger charge is 2.31. The van der Waals surface area contributed by atoms with E-state index in [4.69, 9.17) is 5.73 Å². The molecule has 0 spiro atoms. The second kappa shape index (κ2) is 6.28. The smallest absolute Gasteiger partial charge is 0.0351 e. The van der Waals surface area contributed by atoms with Gasteiger partial charge in [0.05, 0.1) is 0 Å². The monoisotopic (exact) mass is 272 g/mol. The third kappa shape index (κ3) is 2.77. The Morgan fingerprint density at radius 2 is 1.95 bits per heavy atom. The lowest BCUT2D eigenvalue weighted by atomic mass is 9.79. The highest BCUT2D eigenvalue weighted by Crippen LogP contribution is 2.41. The summed E-state index contributed by atoms with van der Waals surface area (Å²) in [6.45, 7) is 5.75. The van der Waals surface area contributed by atoms with E-state index >= 15 is 0 Å². The molecule has 0 aromatic heterocycles. The predicted molar refractivity (Wildman–Crippen MR) is 84.8 cm³/mol. The van der Waals surface area contributed by atoms with Crippen LogP contribution in [0.2, 0.25) is 0 Å². The van der Waals surface area contributed by atoms with Crippen molar-refractivity contribution < 1.29 is 0 Å². The van der Waals surface area contributed by atoms with Crippen LogP contribution in [-0.2, 0) is 0 Å². The van der Waals surface area contributed by atoms with Crippen LogP contribution in [0.15, 0.2) is 24.3 Å². The van der Waals surface area contributed by atoms with Crippen LogP contribution in [0.5, 0.6) is 0 Å². The number of fused-ring (bicyclic) bond motifs is 1. The highest BCUT2D eigenvalue weighted by molar-refractivity contribution is 5.35. The van der Waals surface area contributed by atoms with Crippen LogP contribution in [0, 0.1) is 5.92 Å². The number of likely N-dealkylation sites (tertiary alicyclic amines) is 1. The molecule has 2 N–H and O–H groups in total. The predicted octanol–water partition coefficient (Wildman–Crippen LogP) is 3.69. The molecule has 2 aliphatic rings. The molecule has 1 heterocycles. The van der Waals surface area contributed by atoms with Gasteiger partial charge in [0.15, 0.2) is 0 Å². The fourth-order valence-electron chi connectivity index (χ4n) is 4.21. The first-order chi connectivity index (χ1) is 9.79. The van der Waals surface area contributed by atoms with Gasteiger partial charge in [-0.15, -0.1) is 0 Å². The topological polar surface area (TPSA) is 29.3 Å². The van der Waals surface area contributed by atoms with E-state index in [0.717, 1.165) is 18.4 Å². The summed E-state index contributed by atoms with van der Waals surface area (Å²) < 4.78 is 0. The average Bonchev–Trinajstić information content (AvgIpc) is 2.49. The average molecular weight is 272 g/mol. The molecule has 1 aliphatic carbocycles. The van der Waals surface area contributed by atoms with Crippen molar-refractivity contribution in [1.82, 2.24) is 4.90 Å². The second-order valence-corrected chi connectivity index (χ2v) is 6.70. The van der Waals surface area contributed by atoms with Crippen LogP contribution in [0.25, 0.3) is 0 Å². The lowest BCUT2D eigenvalue weighted by Gasteiger charge is -2.42. The fraction of sp³-hybridized carbons (Fsp3) is 0.667. The molecule has 1 aliphatic heterocycles. The summed E-state index contributed by atoms with van der Waals surface area (Å²) in [6.07, 6.45) is 6.58. The third-order valence-corrected chi connectivity index (χ3v) is 5.33. The molecule has 0 radical (unpaired) electrons. The van der Waals surface area contributed by atoms with Crippen LogP contribution in [0.3, 0.4) is 0 Å². The first-order valence-corrected chi connectivity index (χ1v) is 8.32. The standard InChI is InChI=1S/C18H28N2/c1-14-8-9-18(17-7-3-2-6-16(14)17)20-12-4-5-15(13-20)10-11-19/h2-3,6-7,14-15,18H,4-5,8-13,19H2,1H3. The number of nitrogens with zero attached hydrogens (tertiary/aromatic N) is 1. The minimum atomic E-state index is 0.656. The van der Waals surface area contributed by atoms with Gasteiger partial charge in [0.1, 0.15) is 0 Å². The maximum atomic E-state index is 5.76. The molecule has 0 bridgehead atoms. The summed E-state index contributed by atoms with van der Waals surface area (Å²) in [5.74, 6) is 1.55. The summed E-state index contributed by atoms with van der Waals surface area (Å²) in [5, 5.41) is 0. The first kappa shape index (κ1) is 14.1. The van der Waals surface area contributed by atoms with Crippen molar-refractivity contribution in [3.05, 3.63) is 35.4 Å². The number of hydrogen-bond donors (Lipinski definition) is 1. The molecule has 3 unspecified atom stereocenters. The summed E-state index contributed by atoms with van der Waals surface area (Å²) in [7, 11) is 0. The van der Waals surface area contributed by atoms with Crippen LogP contribution < -0.4 is 5.73 Å². The van der Waals surface area contributed by atoms with Crippen molar-refractivity contribution in [1.29, 1.82) is 0 Å². The number of nitrogens with two attached hydrogens (primary N) is 1. The van der Waals surface area contributed by atoms with Gasteiger partial charge in [-0.3, -0.25) is 4.90 Å². The van der Waals surface area contributed by atoms with E-state index < -0.39 is 0 Å². The third-order valence-electron chi connectivity index (χ3n) is 5.33. The van der Waals surface area contributed by atoms with E-state index in [-0.39, 0.29) is 0 Å². The zero-order valence-corrected chi connectivity index (χ0v) is 12.7. The van der Waals surface area contributed by atoms with Gasteiger partial charge >= 0.3 is 0 Å². The van der Waals surface area contributed by atoms with Gasteiger partial charge in [0.25, 0.3) is 0 Å². The van der Waals surface area contributed by atoms with Crippen molar-refractivity contribution in [2.75, 3.05) is 19.6 Å². The number of benzene rings is 1. The Labute approximate surface area is 123 Å². The number of hydrogen-bond acceptors (Lipinski definition) is 2. The Bertz CT molecular complexity index is 441. The number of piperidine rings is 1. The van der Waals surface area contributed by atoms with Crippen molar-refractivity contribution >= 4 is 0 Å². The van der Waals surface area contributed by atoms with Crippen molar-refractivity contribution in [3.8, 4) is 0 Å². The Balaban J connectivity index is 1.79. The zero-order chi connectivity index (χ0) is 13.9. The van der Waals surface area contributed by atoms with E-state index in [1.807, 2.05) is 0 Å². The Morgan fingerprint density at radius 1 is 1.15 bits per heavy atom. The largest absolute Gasteiger partial charge is 0.330 e. The molecular formula is C18H28N2. The molecule has 0 saturated carbocycles. The van der Waals surface area contributed by atoms with Gasteiger partial charge in [-0.05, 0) is 68.2 Å². The molecule has 1 fully saturated rings. The van der Waals surface area contributed by atoms with Crippen molar-refractivity contribution in [2.45, 2.75) is 51.0 Å². The minimum Gasteiger partial charge on any atom is -0.330 e. The van der Waals surface area contributed by atoms with Gasteiger partial charge in [0, 0.05) is 12.6 Å². The van der Waals surface area contributed by atoms with Gasteiger partial charge < -0.3 is 5.73 Å². The zero-order valence-electron chi connectivity index (χ0n) is 12.7. The molecule has 1 saturated heterocycles. The van der Waals surface area contributed by atoms with Crippen LogP contribution >= 0.6 is 0 Å². The molecule has 2 heteroatoms. The molecule has 110 valence electrons. The van der Waals surface area contributed by atoms with E-state index in [9.17, 15) is 0 Å². The van der Waals surface area contributed by atoms with E-state index in [1.54, 1.807) is 11.1 Å². The van der Waals surface area contributed by atoms with Gasteiger partial charge in [0.2, 0.25) is 0 Å². The molecule has 20 heavy (non-hydrogen) atoms. The fourth-order valence-corrected chi connectivity index (χ4v) is 4.21. The summed E-state index contributed by atoms with van der Waals surface area (Å²) >= 11 is 0. The lowest BCUT2D eigenvalue weighted by molar-refractivity contribution is 0.107. The molecular weight excluding hydrogens is 244 g/mol. The Hall–Kier alpha value is -0.860. The molecule has 1 aromatic rings. The van der Waals surface area contributed by atoms with Crippen LogP contribution in [0.4, 0.5) is 0 Å². The normalized spacial score (nSPS) is 31.0. The van der Waals surface area contributed by atoms with Crippen molar-refractivity contribution in [3.63, 3.8) is 0 Å². The highest BCUT2D eigenvalue weighted by atomic mass is 15.2. The second-order valence-electron chi connectivity index (χ2n) is 6.70. The van der Waals surface area contributed by atoms with Crippen LogP contribution in [-0.4, -0.2) is 24.5 Å². The lowest BCUT2D eigenvalue weighted by Crippen LogP contribution is -2.40. The van der Waals surface area contributed by atoms with E-state index in [1.165, 1.54) is 45.2 Å². The van der Waals surface area contributed by atoms with Gasteiger partial charge in [-0.1, -0.05) is 31.2 Å². The SMILES string of the molecule is CC1CCC(N2CCCC(CCN)C2)c2ccccc21. The van der Waals surface area contributed by atoms with Gasteiger partial charge in [-0.2, -0.15) is 0 Å². The maximum absolute atomic E-state index is 5.76. The molecule has 0 amide bonds. The minimum absolute atomic E-state index is 0.656.